The van der Waals surface area contributed by atoms with Gasteiger partial charge in [0.05, 0.1) is 5.69 Å². The first kappa shape index (κ1) is 13.6. The highest BCUT2D eigenvalue weighted by Gasteiger charge is 2.17. The molecule has 1 saturated heterocycles. The van der Waals surface area contributed by atoms with Crippen LogP contribution in [0, 0.1) is 5.92 Å². The molecule has 2 rings (SSSR count). The first-order valence-electron chi connectivity index (χ1n) is 6.55. The predicted octanol–water partition coefficient (Wildman–Crippen LogP) is 0.516. The maximum Gasteiger partial charge on any atom is 0.267 e. The van der Waals surface area contributed by atoms with Gasteiger partial charge in [-0.05, 0) is 51.0 Å². The van der Waals surface area contributed by atoms with Crippen LogP contribution in [0.3, 0.4) is 0 Å². The number of likely N-dealkylation sites (tertiary alicyclic amines) is 1. The maximum absolute atomic E-state index is 11.1. The van der Waals surface area contributed by atoms with Crippen LogP contribution in [0.4, 0.5) is 11.5 Å². The van der Waals surface area contributed by atoms with E-state index in [1.165, 1.54) is 12.8 Å². The van der Waals surface area contributed by atoms with Crippen molar-refractivity contribution in [3.05, 3.63) is 17.8 Å². The fraction of sp³-hybridized carbons (Fsp3) is 0.538. The number of aromatic nitrogens is 1. The number of piperidine rings is 1. The van der Waals surface area contributed by atoms with Gasteiger partial charge in [-0.1, -0.05) is 0 Å². The Balaban J connectivity index is 1.95. The summed E-state index contributed by atoms with van der Waals surface area (Å²) in [5.41, 5.74) is 11.8. The Morgan fingerprint density at radius 1 is 1.47 bits per heavy atom. The van der Waals surface area contributed by atoms with Crippen molar-refractivity contribution in [2.45, 2.75) is 12.8 Å². The van der Waals surface area contributed by atoms with Gasteiger partial charge in [0.1, 0.15) is 11.5 Å². The number of nitrogens with one attached hydrogen (secondary N) is 1. The van der Waals surface area contributed by atoms with Gasteiger partial charge in [0, 0.05) is 6.54 Å². The molecule has 1 aromatic rings. The SMILES string of the molecule is CN1CCC(CNc2nc(C(N)=O)ccc2N)CC1. The number of anilines is 2. The molecular formula is C13H21N5O. The van der Waals surface area contributed by atoms with Crippen LogP contribution in [-0.2, 0) is 0 Å². The Morgan fingerprint density at radius 3 is 2.79 bits per heavy atom. The van der Waals surface area contributed by atoms with E-state index in [4.69, 9.17) is 11.5 Å². The molecule has 1 aromatic heterocycles. The van der Waals surface area contributed by atoms with E-state index in [1.54, 1.807) is 12.1 Å². The molecule has 0 atom stereocenters. The average molecular weight is 263 g/mol. The number of hydrogen-bond donors (Lipinski definition) is 3. The van der Waals surface area contributed by atoms with Crippen molar-refractivity contribution in [2.75, 3.05) is 37.7 Å². The molecule has 6 nitrogen and oxygen atoms in total. The minimum atomic E-state index is -0.539. The number of hydrogen-bond acceptors (Lipinski definition) is 5. The Kier molecular flexibility index (Phi) is 4.21. The third-order valence-electron chi connectivity index (χ3n) is 3.58. The molecule has 104 valence electrons. The van der Waals surface area contributed by atoms with Crippen molar-refractivity contribution in [1.29, 1.82) is 0 Å². The van der Waals surface area contributed by atoms with Crippen molar-refractivity contribution < 1.29 is 4.79 Å². The van der Waals surface area contributed by atoms with Crippen LogP contribution >= 0.6 is 0 Å². The van der Waals surface area contributed by atoms with Gasteiger partial charge in [0.2, 0.25) is 0 Å². The molecule has 0 radical (unpaired) electrons. The number of amides is 1. The molecule has 0 aliphatic carbocycles. The van der Waals surface area contributed by atoms with Crippen LogP contribution in [0.1, 0.15) is 23.3 Å². The highest BCUT2D eigenvalue weighted by Crippen LogP contribution is 2.19. The lowest BCUT2D eigenvalue weighted by Gasteiger charge is -2.29. The van der Waals surface area contributed by atoms with Crippen molar-refractivity contribution in [3.8, 4) is 0 Å². The minimum Gasteiger partial charge on any atom is -0.396 e. The standard InChI is InChI=1S/C13H21N5O/c1-18-6-4-9(5-7-18)8-16-13-10(14)2-3-11(17-13)12(15)19/h2-3,9H,4-8,14H2,1H3,(H2,15,19)(H,16,17). The number of carbonyl (C=O) groups excluding carboxylic acids is 1. The average Bonchev–Trinajstić information content (AvgIpc) is 2.39. The molecule has 1 aliphatic heterocycles. The summed E-state index contributed by atoms with van der Waals surface area (Å²) in [6.45, 7) is 3.07. The van der Waals surface area contributed by atoms with Crippen molar-refractivity contribution in [2.24, 2.45) is 11.7 Å². The summed E-state index contributed by atoms with van der Waals surface area (Å²) >= 11 is 0. The second-order valence-corrected chi connectivity index (χ2v) is 5.13. The summed E-state index contributed by atoms with van der Waals surface area (Å²) in [6, 6.07) is 3.20. The zero-order valence-electron chi connectivity index (χ0n) is 11.2. The lowest BCUT2D eigenvalue weighted by atomic mass is 9.97. The van der Waals surface area contributed by atoms with E-state index in [-0.39, 0.29) is 5.69 Å². The van der Waals surface area contributed by atoms with Crippen LogP contribution in [0.25, 0.3) is 0 Å². The molecule has 19 heavy (non-hydrogen) atoms. The highest BCUT2D eigenvalue weighted by molar-refractivity contribution is 5.91. The van der Waals surface area contributed by atoms with E-state index in [1.807, 2.05) is 0 Å². The molecular weight excluding hydrogens is 242 g/mol. The second-order valence-electron chi connectivity index (χ2n) is 5.13. The molecule has 1 amide bonds. The molecule has 2 heterocycles. The Labute approximate surface area is 113 Å². The van der Waals surface area contributed by atoms with Gasteiger partial charge in [-0.3, -0.25) is 4.79 Å². The number of primary amides is 1. The topological polar surface area (TPSA) is 97.3 Å². The fourth-order valence-electron chi connectivity index (χ4n) is 2.26. The Bertz CT molecular complexity index is 454. The van der Waals surface area contributed by atoms with E-state index in [0.29, 0.717) is 17.4 Å². The van der Waals surface area contributed by atoms with Crippen molar-refractivity contribution >= 4 is 17.4 Å². The first-order chi connectivity index (χ1) is 9.06. The van der Waals surface area contributed by atoms with Crippen LogP contribution < -0.4 is 16.8 Å². The fourth-order valence-corrected chi connectivity index (χ4v) is 2.26. The number of nitrogen functional groups attached to an aromatic ring is 1. The van der Waals surface area contributed by atoms with Crippen LogP contribution in [0.15, 0.2) is 12.1 Å². The van der Waals surface area contributed by atoms with E-state index in [2.05, 4.69) is 22.2 Å². The molecule has 6 heteroatoms. The van der Waals surface area contributed by atoms with Crippen molar-refractivity contribution in [3.63, 3.8) is 0 Å². The van der Waals surface area contributed by atoms with Crippen LogP contribution in [-0.4, -0.2) is 42.5 Å². The summed E-state index contributed by atoms with van der Waals surface area (Å²) in [5, 5.41) is 3.23. The summed E-state index contributed by atoms with van der Waals surface area (Å²) < 4.78 is 0. The molecule has 0 spiro atoms. The predicted molar refractivity (Wildman–Crippen MR) is 75.9 cm³/mol. The van der Waals surface area contributed by atoms with Gasteiger partial charge in [-0.2, -0.15) is 0 Å². The number of pyridine rings is 1. The van der Waals surface area contributed by atoms with Crippen LogP contribution in [0.2, 0.25) is 0 Å². The van der Waals surface area contributed by atoms with E-state index in [9.17, 15) is 4.79 Å². The molecule has 0 bridgehead atoms. The van der Waals surface area contributed by atoms with Crippen molar-refractivity contribution in [1.82, 2.24) is 9.88 Å². The number of carbonyl (C=O) groups is 1. The third kappa shape index (κ3) is 3.57. The smallest absolute Gasteiger partial charge is 0.267 e. The molecule has 1 fully saturated rings. The Hall–Kier alpha value is -1.82. The van der Waals surface area contributed by atoms with Gasteiger partial charge in [-0.15, -0.1) is 0 Å². The Morgan fingerprint density at radius 2 is 2.16 bits per heavy atom. The lowest BCUT2D eigenvalue weighted by Crippen LogP contribution is -2.33. The molecule has 0 saturated carbocycles. The van der Waals surface area contributed by atoms with Gasteiger partial charge >= 0.3 is 0 Å². The second kappa shape index (κ2) is 5.88. The normalized spacial score (nSPS) is 17.3. The maximum atomic E-state index is 11.1. The molecule has 0 aromatic carbocycles. The number of rotatable bonds is 4. The zero-order chi connectivity index (χ0) is 13.8. The van der Waals surface area contributed by atoms with Crippen LogP contribution in [0.5, 0.6) is 0 Å². The number of nitrogens with zero attached hydrogens (tertiary/aromatic N) is 2. The van der Waals surface area contributed by atoms with Gasteiger partial charge in [0.15, 0.2) is 0 Å². The summed E-state index contributed by atoms with van der Waals surface area (Å²) in [5.74, 6) is 0.632. The summed E-state index contributed by atoms with van der Waals surface area (Å²) in [4.78, 5) is 17.6. The van der Waals surface area contributed by atoms with Gasteiger partial charge < -0.3 is 21.7 Å². The monoisotopic (exact) mass is 263 g/mol. The summed E-state index contributed by atoms with van der Waals surface area (Å²) in [6.07, 6.45) is 2.33. The minimum absolute atomic E-state index is 0.236. The quantitative estimate of drug-likeness (QED) is 0.735. The number of nitrogens with two attached hydrogens (primary N) is 2. The largest absolute Gasteiger partial charge is 0.396 e. The van der Waals surface area contributed by atoms with E-state index < -0.39 is 5.91 Å². The first-order valence-corrected chi connectivity index (χ1v) is 6.55. The summed E-state index contributed by atoms with van der Waals surface area (Å²) in [7, 11) is 2.14. The molecule has 1 aliphatic rings. The molecule has 5 N–H and O–H groups in total. The highest BCUT2D eigenvalue weighted by atomic mass is 16.1. The van der Waals surface area contributed by atoms with Gasteiger partial charge in [-0.25, -0.2) is 4.98 Å². The van der Waals surface area contributed by atoms with Gasteiger partial charge in [0.25, 0.3) is 5.91 Å². The lowest BCUT2D eigenvalue weighted by molar-refractivity contribution is 0.0996. The third-order valence-corrected chi connectivity index (χ3v) is 3.58. The molecule has 0 unspecified atom stereocenters. The van der Waals surface area contributed by atoms with E-state index in [0.717, 1.165) is 19.6 Å². The zero-order valence-corrected chi connectivity index (χ0v) is 11.2. The van der Waals surface area contributed by atoms with E-state index >= 15 is 0 Å².